The normalized spacial score (nSPS) is 11.1. The molecule has 232 valence electrons. The summed E-state index contributed by atoms with van der Waals surface area (Å²) < 4.78 is 10.7. The topological polar surface area (TPSA) is 52.6 Å². The van der Waals surface area contributed by atoms with Gasteiger partial charge in [-0.1, -0.05) is 155 Å². The maximum Gasteiger partial charge on any atom is 0.306 e. The van der Waals surface area contributed by atoms with Gasteiger partial charge in [0.25, 0.3) is 0 Å². The fraction of sp³-hybridized carbons (Fsp3) is 0.941. The van der Waals surface area contributed by atoms with Gasteiger partial charge in [-0.25, -0.2) is 0 Å². The van der Waals surface area contributed by atoms with Crippen molar-refractivity contribution in [3.63, 3.8) is 0 Å². The Morgan fingerprint density at radius 2 is 0.667 bits per heavy atom. The minimum atomic E-state index is -0.114. The molecule has 0 aromatic carbocycles. The summed E-state index contributed by atoms with van der Waals surface area (Å²) in [7, 11) is 0. The summed E-state index contributed by atoms with van der Waals surface area (Å²) in [4.78, 5) is 23.7. The van der Waals surface area contributed by atoms with E-state index in [9.17, 15) is 9.59 Å². The number of carbonyl (C=O) groups excluding carboxylic acids is 2. The molecular formula is C34H66O4S. The second-order valence-electron chi connectivity index (χ2n) is 11.3. The lowest BCUT2D eigenvalue weighted by atomic mass is 10.0. The first kappa shape index (κ1) is 38.3. The predicted molar refractivity (Wildman–Crippen MR) is 171 cm³/mol. The van der Waals surface area contributed by atoms with Crippen LogP contribution >= 0.6 is 11.8 Å². The Balaban J connectivity index is 3.25. The monoisotopic (exact) mass is 570 g/mol. The molecule has 0 aliphatic heterocycles. The lowest BCUT2D eigenvalue weighted by Crippen LogP contribution is -2.09. The first-order chi connectivity index (χ1) is 19.2. The van der Waals surface area contributed by atoms with E-state index in [1.54, 1.807) is 11.8 Å². The van der Waals surface area contributed by atoms with Crippen LogP contribution in [-0.4, -0.2) is 36.7 Å². The van der Waals surface area contributed by atoms with E-state index >= 15 is 0 Å². The molecule has 0 atom stereocenters. The number of carbonyl (C=O) groups is 2. The van der Waals surface area contributed by atoms with Crippen LogP contribution in [0.15, 0.2) is 0 Å². The highest BCUT2D eigenvalue weighted by Crippen LogP contribution is 2.14. The number of ether oxygens (including phenoxy) is 2. The van der Waals surface area contributed by atoms with Gasteiger partial charge < -0.3 is 9.47 Å². The summed E-state index contributed by atoms with van der Waals surface area (Å²) in [5, 5.41) is 0. The molecule has 0 unspecified atom stereocenters. The molecular weight excluding hydrogens is 504 g/mol. The first-order valence-corrected chi connectivity index (χ1v) is 18.2. The van der Waals surface area contributed by atoms with Crippen LogP contribution in [-0.2, 0) is 19.1 Å². The SMILES string of the molecule is CCCCCCCCCCCCCCCCCCOC(=O)CCSCCC(=O)OCCCCCCCCCC. The van der Waals surface area contributed by atoms with Crippen LogP contribution in [0.5, 0.6) is 0 Å². The maximum absolute atomic E-state index is 11.9. The number of esters is 2. The Bertz CT molecular complexity index is 511. The van der Waals surface area contributed by atoms with Crippen molar-refractivity contribution >= 4 is 23.7 Å². The predicted octanol–water partition coefficient (Wildman–Crippen LogP) is 11.0. The maximum atomic E-state index is 11.9. The number of hydrogen-bond acceptors (Lipinski definition) is 5. The molecule has 0 aliphatic rings. The van der Waals surface area contributed by atoms with E-state index in [1.807, 2.05) is 0 Å². The van der Waals surface area contributed by atoms with Gasteiger partial charge in [0.2, 0.25) is 0 Å². The van der Waals surface area contributed by atoms with Gasteiger partial charge in [0, 0.05) is 11.5 Å². The number of thioether (sulfide) groups is 1. The van der Waals surface area contributed by atoms with Crippen LogP contribution < -0.4 is 0 Å². The van der Waals surface area contributed by atoms with Crippen LogP contribution in [0.4, 0.5) is 0 Å². The van der Waals surface area contributed by atoms with Crippen LogP contribution in [0.3, 0.4) is 0 Å². The summed E-state index contributed by atoms with van der Waals surface area (Å²) in [6, 6.07) is 0. The Labute approximate surface area is 247 Å². The molecule has 39 heavy (non-hydrogen) atoms. The molecule has 0 fully saturated rings. The van der Waals surface area contributed by atoms with Crippen molar-refractivity contribution in [3.8, 4) is 0 Å². The lowest BCUT2D eigenvalue weighted by molar-refractivity contribution is -0.144. The molecule has 0 bridgehead atoms. The van der Waals surface area contributed by atoms with Crippen molar-refractivity contribution < 1.29 is 19.1 Å². The molecule has 0 spiro atoms. The Kier molecular flexibility index (Phi) is 32.9. The molecule has 0 radical (unpaired) electrons. The third-order valence-electron chi connectivity index (χ3n) is 7.42. The summed E-state index contributed by atoms with van der Waals surface area (Å²) in [6.45, 7) is 5.62. The van der Waals surface area contributed by atoms with Gasteiger partial charge >= 0.3 is 11.9 Å². The van der Waals surface area contributed by atoms with Gasteiger partial charge in [-0.15, -0.1) is 0 Å². The highest BCUT2D eigenvalue weighted by molar-refractivity contribution is 7.99. The molecule has 0 aromatic heterocycles. The van der Waals surface area contributed by atoms with Crippen molar-refractivity contribution in [2.75, 3.05) is 24.7 Å². The van der Waals surface area contributed by atoms with E-state index in [-0.39, 0.29) is 11.9 Å². The molecule has 0 saturated heterocycles. The van der Waals surface area contributed by atoms with E-state index in [0.717, 1.165) is 25.7 Å². The van der Waals surface area contributed by atoms with E-state index in [2.05, 4.69) is 13.8 Å². The summed E-state index contributed by atoms with van der Waals surface area (Å²) in [6.07, 6.45) is 32.4. The average Bonchev–Trinajstić information content (AvgIpc) is 2.93. The Morgan fingerprint density at radius 1 is 0.410 bits per heavy atom. The zero-order valence-electron chi connectivity index (χ0n) is 26.3. The zero-order valence-corrected chi connectivity index (χ0v) is 27.1. The summed E-state index contributed by atoms with van der Waals surface area (Å²) in [5.41, 5.74) is 0. The fourth-order valence-corrected chi connectivity index (χ4v) is 5.64. The van der Waals surface area contributed by atoms with Gasteiger partial charge in [-0.3, -0.25) is 9.59 Å². The standard InChI is InChI=1S/C34H66O4S/c1-3-5-7-9-11-13-14-15-16-17-18-19-20-22-24-26-30-38-34(36)28-32-39-31-27-33(35)37-29-25-23-21-12-10-8-6-4-2/h3-32H2,1-2H3. The van der Waals surface area contributed by atoms with Crippen molar-refractivity contribution in [3.05, 3.63) is 0 Å². The minimum absolute atomic E-state index is 0.110. The zero-order chi connectivity index (χ0) is 28.5. The molecule has 0 aromatic rings. The molecule has 0 heterocycles. The van der Waals surface area contributed by atoms with Crippen LogP contribution in [0.25, 0.3) is 0 Å². The lowest BCUT2D eigenvalue weighted by Gasteiger charge is -2.06. The quantitative estimate of drug-likeness (QED) is 0.0594. The summed E-state index contributed by atoms with van der Waals surface area (Å²) >= 11 is 1.63. The van der Waals surface area contributed by atoms with E-state index in [4.69, 9.17) is 9.47 Å². The van der Waals surface area contributed by atoms with Gasteiger partial charge in [-0.2, -0.15) is 11.8 Å². The fourth-order valence-electron chi connectivity index (χ4n) is 4.82. The largest absolute Gasteiger partial charge is 0.466 e. The van der Waals surface area contributed by atoms with Gasteiger partial charge in [0.1, 0.15) is 0 Å². The van der Waals surface area contributed by atoms with Gasteiger partial charge in [0.05, 0.1) is 26.1 Å². The van der Waals surface area contributed by atoms with Crippen molar-refractivity contribution in [2.45, 2.75) is 181 Å². The second-order valence-corrected chi connectivity index (χ2v) is 12.6. The third-order valence-corrected chi connectivity index (χ3v) is 8.41. The summed E-state index contributed by atoms with van der Waals surface area (Å²) in [5.74, 6) is 1.20. The van der Waals surface area contributed by atoms with E-state index in [1.165, 1.54) is 128 Å². The number of unbranched alkanes of at least 4 members (excludes halogenated alkanes) is 22. The van der Waals surface area contributed by atoms with E-state index < -0.39 is 0 Å². The van der Waals surface area contributed by atoms with Crippen molar-refractivity contribution in [1.82, 2.24) is 0 Å². The van der Waals surface area contributed by atoms with Crippen molar-refractivity contribution in [2.24, 2.45) is 0 Å². The number of hydrogen-bond donors (Lipinski definition) is 0. The minimum Gasteiger partial charge on any atom is -0.466 e. The average molecular weight is 571 g/mol. The molecule has 5 heteroatoms. The molecule has 0 rings (SSSR count). The Hall–Kier alpha value is -0.710. The van der Waals surface area contributed by atoms with Crippen LogP contribution in [0.1, 0.15) is 181 Å². The van der Waals surface area contributed by atoms with Gasteiger partial charge in [-0.05, 0) is 12.8 Å². The van der Waals surface area contributed by atoms with Gasteiger partial charge in [0.15, 0.2) is 0 Å². The second kappa shape index (κ2) is 33.5. The van der Waals surface area contributed by atoms with Crippen LogP contribution in [0, 0.1) is 0 Å². The molecule has 0 aliphatic carbocycles. The molecule has 0 saturated carbocycles. The highest BCUT2D eigenvalue weighted by atomic mass is 32.2. The molecule has 4 nitrogen and oxygen atoms in total. The smallest absolute Gasteiger partial charge is 0.306 e. The van der Waals surface area contributed by atoms with Crippen molar-refractivity contribution in [1.29, 1.82) is 0 Å². The highest BCUT2D eigenvalue weighted by Gasteiger charge is 2.06. The Morgan fingerprint density at radius 3 is 0.949 bits per heavy atom. The van der Waals surface area contributed by atoms with E-state index in [0.29, 0.717) is 37.6 Å². The third kappa shape index (κ3) is 33.4. The number of rotatable bonds is 32. The van der Waals surface area contributed by atoms with Crippen LogP contribution in [0.2, 0.25) is 0 Å². The first-order valence-electron chi connectivity index (χ1n) is 17.1. The molecule has 0 N–H and O–H groups in total. The molecule has 0 amide bonds.